The maximum atomic E-state index is 12.9. The Hall–Kier alpha value is -2.97. The zero-order valence-electron chi connectivity index (χ0n) is 22.9. The molecule has 224 valence electrons. The van der Waals surface area contributed by atoms with E-state index in [1.54, 1.807) is 19.1 Å². The molecule has 41 heavy (non-hydrogen) atoms. The number of fused-ring (bicyclic) bond motifs is 1. The number of carbonyl (C=O) groups is 1. The Morgan fingerprint density at radius 1 is 0.902 bits per heavy atom. The fourth-order valence-electron chi connectivity index (χ4n) is 5.50. The molecule has 11 atom stereocenters. The van der Waals surface area contributed by atoms with E-state index >= 15 is 0 Å². The van der Waals surface area contributed by atoms with Crippen molar-refractivity contribution in [1.29, 1.82) is 0 Å². The number of hydrogen-bond acceptors (Lipinski definition) is 12. The van der Waals surface area contributed by atoms with Gasteiger partial charge in [-0.05, 0) is 30.5 Å². The third kappa shape index (κ3) is 5.73. The molecule has 0 aliphatic carbocycles. The Kier molecular flexibility index (Phi) is 8.44. The third-order valence-corrected chi connectivity index (χ3v) is 8.23. The largest absolute Gasteiger partial charge is 0.508 e. The highest BCUT2D eigenvalue weighted by molar-refractivity contribution is 6.02. The van der Waals surface area contributed by atoms with Crippen molar-refractivity contribution in [3.63, 3.8) is 0 Å². The first-order valence-corrected chi connectivity index (χ1v) is 13.6. The van der Waals surface area contributed by atoms with Gasteiger partial charge in [-0.15, -0.1) is 0 Å². The Morgan fingerprint density at radius 2 is 1.61 bits per heavy atom. The lowest BCUT2D eigenvalue weighted by Crippen LogP contribution is -2.62. The molecular formula is C29H36O12. The molecule has 3 heterocycles. The van der Waals surface area contributed by atoms with Crippen molar-refractivity contribution in [2.75, 3.05) is 6.61 Å². The predicted molar refractivity (Wildman–Crippen MR) is 140 cm³/mol. The van der Waals surface area contributed by atoms with E-state index in [0.717, 1.165) is 0 Å². The van der Waals surface area contributed by atoms with E-state index in [1.807, 2.05) is 13.8 Å². The summed E-state index contributed by atoms with van der Waals surface area (Å²) < 4.78 is 29.7. The van der Waals surface area contributed by atoms with Crippen LogP contribution in [0.4, 0.5) is 0 Å². The summed E-state index contributed by atoms with van der Waals surface area (Å²) in [5.41, 5.74) is 0.633. The summed E-state index contributed by atoms with van der Waals surface area (Å²) in [5.74, 6) is -1.11. The van der Waals surface area contributed by atoms with Crippen LogP contribution >= 0.6 is 0 Å². The van der Waals surface area contributed by atoms with Crippen LogP contribution < -0.4 is 9.47 Å². The van der Waals surface area contributed by atoms with Crippen LogP contribution in [0, 0.1) is 11.8 Å². The lowest BCUT2D eigenvalue weighted by Gasteiger charge is -2.46. The third-order valence-electron chi connectivity index (χ3n) is 8.23. The summed E-state index contributed by atoms with van der Waals surface area (Å²) in [7, 11) is 0. The Labute approximate surface area is 236 Å². The highest BCUT2D eigenvalue weighted by Crippen LogP contribution is 2.43. The molecule has 10 unspecified atom stereocenters. The second-order valence-corrected chi connectivity index (χ2v) is 11.0. The minimum atomic E-state index is -1.55. The van der Waals surface area contributed by atoms with Gasteiger partial charge in [0.2, 0.25) is 6.29 Å². The molecule has 0 aromatic heterocycles. The lowest BCUT2D eigenvalue weighted by atomic mass is 9.85. The van der Waals surface area contributed by atoms with Crippen LogP contribution in [0.3, 0.4) is 0 Å². The molecule has 0 bridgehead atoms. The number of aliphatic hydroxyl groups excluding tert-OH is 4. The van der Waals surface area contributed by atoms with Gasteiger partial charge < -0.3 is 54.3 Å². The fraction of sp³-hybridized carbons (Fsp3) is 0.552. The fourth-order valence-corrected chi connectivity index (χ4v) is 5.50. The van der Waals surface area contributed by atoms with Crippen molar-refractivity contribution in [2.24, 2.45) is 11.8 Å². The average molecular weight is 577 g/mol. The molecule has 3 aliphatic heterocycles. The van der Waals surface area contributed by atoms with Gasteiger partial charge in [-0.1, -0.05) is 26.0 Å². The Morgan fingerprint density at radius 3 is 2.29 bits per heavy atom. The first-order valence-electron chi connectivity index (χ1n) is 13.6. The molecule has 0 radical (unpaired) electrons. The minimum absolute atomic E-state index is 0.00838. The number of ether oxygens (including phenoxy) is 5. The van der Waals surface area contributed by atoms with Gasteiger partial charge in [0.15, 0.2) is 18.2 Å². The molecule has 2 aromatic rings. The maximum absolute atomic E-state index is 12.9. The molecule has 3 aliphatic rings. The van der Waals surface area contributed by atoms with Gasteiger partial charge in [-0.2, -0.15) is 0 Å². The number of aromatic hydroxyl groups is 2. The normalized spacial score (nSPS) is 37.2. The van der Waals surface area contributed by atoms with Crippen LogP contribution in [-0.2, 0) is 14.2 Å². The van der Waals surface area contributed by atoms with E-state index in [0.29, 0.717) is 5.56 Å². The van der Waals surface area contributed by atoms with E-state index < -0.39 is 61.9 Å². The van der Waals surface area contributed by atoms with Crippen molar-refractivity contribution < 1.29 is 59.1 Å². The van der Waals surface area contributed by atoms with Crippen LogP contribution in [-0.4, -0.2) is 92.2 Å². The van der Waals surface area contributed by atoms with E-state index in [9.17, 15) is 35.4 Å². The van der Waals surface area contributed by atoms with E-state index in [1.165, 1.54) is 24.3 Å². The number of Topliss-reactive ketones (excluding diaryl/α,β-unsaturated/α-hetero) is 1. The van der Waals surface area contributed by atoms with Gasteiger partial charge in [-0.25, -0.2) is 0 Å². The number of rotatable bonds is 6. The number of benzene rings is 2. The SMILES string of the molecule is CC1OC(OC2C(Oc3cc(O)c4c(c3)O[C@H](c3ccc(O)cc3)CC4=O)OC(CO)C(O)C2O)C(C)C(C)C1O. The van der Waals surface area contributed by atoms with Gasteiger partial charge in [0.25, 0.3) is 0 Å². The van der Waals surface area contributed by atoms with Crippen LogP contribution in [0.2, 0.25) is 0 Å². The van der Waals surface area contributed by atoms with Gasteiger partial charge >= 0.3 is 0 Å². The van der Waals surface area contributed by atoms with Crippen LogP contribution in [0.15, 0.2) is 36.4 Å². The summed E-state index contributed by atoms with van der Waals surface area (Å²) in [6, 6.07) is 8.82. The topological polar surface area (TPSA) is 185 Å². The zero-order valence-corrected chi connectivity index (χ0v) is 22.9. The molecular weight excluding hydrogens is 540 g/mol. The van der Waals surface area contributed by atoms with E-state index in [4.69, 9.17) is 23.7 Å². The highest BCUT2D eigenvalue weighted by atomic mass is 16.7. The van der Waals surface area contributed by atoms with Crippen LogP contribution in [0.1, 0.15) is 49.2 Å². The van der Waals surface area contributed by atoms with Gasteiger partial charge in [0.05, 0.1) is 25.2 Å². The number of carbonyl (C=O) groups excluding carboxylic acids is 1. The summed E-state index contributed by atoms with van der Waals surface area (Å²) in [6.07, 6.45) is -9.83. The monoisotopic (exact) mass is 576 g/mol. The van der Waals surface area contributed by atoms with Gasteiger partial charge in [-0.3, -0.25) is 4.79 Å². The number of hydrogen-bond donors (Lipinski definition) is 6. The highest BCUT2D eigenvalue weighted by Gasteiger charge is 2.50. The van der Waals surface area contributed by atoms with Gasteiger partial charge in [0.1, 0.15) is 53.0 Å². The maximum Gasteiger partial charge on any atom is 0.229 e. The summed E-state index contributed by atoms with van der Waals surface area (Å²) in [5, 5.41) is 61.9. The summed E-state index contributed by atoms with van der Waals surface area (Å²) in [4.78, 5) is 12.9. The van der Waals surface area contributed by atoms with Crippen molar-refractivity contribution in [3.8, 4) is 23.0 Å². The number of aliphatic hydroxyl groups is 4. The minimum Gasteiger partial charge on any atom is -0.508 e. The number of phenolic OH excluding ortho intramolecular Hbond substituents is 2. The number of ketones is 1. The first kappa shape index (κ1) is 29.5. The smallest absolute Gasteiger partial charge is 0.229 e. The van der Waals surface area contributed by atoms with E-state index in [2.05, 4.69) is 0 Å². The Bertz CT molecular complexity index is 1240. The second kappa shape index (κ2) is 11.7. The number of phenols is 2. The van der Waals surface area contributed by atoms with Crippen LogP contribution in [0.5, 0.6) is 23.0 Å². The molecule has 0 spiro atoms. The molecule has 2 fully saturated rings. The molecule has 0 saturated carbocycles. The zero-order chi connectivity index (χ0) is 29.6. The van der Waals surface area contributed by atoms with Crippen LogP contribution in [0.25, 0.3) is 0 Å². The Balaban J connectivity index is 1.41. The van der Waals surface area contributed by atoms with Gasteiger partial charge in [0, 0.05) is 18.1 Å². The molecule has 2 saturated heterocycles. The van der Waals surface area contributed by atoms with Crippen molar-refractivity contribution >= 4 is 5.78 Å². The molecule has 2 aromatic carbocycles. The average Bonchev–Trinajstić information content (AvgIpc) is 2.94. The lowest BCUT2D eigenvalue weighted by molar-refractivity contribution is -0.342. The molecule has 12 nitrogen and oxygen atoms in total. The summed E-state index contributed by atoms with van der Waals surface area (Å²) >= 11 is 0. The predicted octanol–water partition coefficient (Wildman–Crippen LogP) is 1.39. The molecule has 6 N–H and O–H groups in total. The molecule has 5 rings (SSSR count). The molecule has 12 heteroatoms. The van der Waals surface area contributed by atoms with Crippen molar-refractivity contribution in [2.45, 2.75) is 82.5 Å². The standard InChI is InChI=1S/C29H36O12/c1-12-13(2)28(37-14(3)24(12)34)41-27-26(36)25(35)22(11-30)40-29(27)38-17-8-18(32)23-19(33)10-20(39-21(23)9-17)15-4-6-16(31)7-5-15/h4-9,12-14,20,22,24-32,34-36H,10-11H2,1-3H3/t12?,13?,14?,20-,22?,24?,25?,26?,27?,28?,29?/m0/s1. The van der Waals surface area contributed by atoms with E-state index in [-0.39, 0.29) is 52.6 Å². The quantitative estimate of drug-likeness (QED) is 0.291. The second-order valence-electron chi connectivity index (χ2n) is 11.0. The summed E-state index contributed by atoms with van der Waals surface area (Å²) in [6.45, 7) is 4.75. The molecule has 0 amide bonds. The van der Waals surface area contributed by atoms with Crippen molar-refractivity contribution in [1.82, 2.24) is 0 Å². The van der Waals surface area contributed by atoms with Crippen molar-refractivity contribution in [3.05, 3.63) is 47.5 Å². The first-order chi connectivity index (χ1) is 19.5.